The van der Waals surface area contributed by atoms with Crippen LogP contribution in [0.2, 0.25) is 0 Å². The number of anilines is 2. The molecule has 0 radical (unpaired) electrons. The van der Waals surface area contributed by atoms with Crippen LogP contribution in [0, 0.1) is 6.92 Å². The molecule has 1 aromatic carbocycles. The summed E-state index contributed by atoms with van der Waals surface area (Å²) in [5.74, 6) is -1.09. The lowest BCUT2D eigenvalue weighted by molar-refractivity contribution is -0.113. The van der Waals surface area contributed by atoms with Gasteiger partial charge in [0, 0.05) is 17.1 Å². The van der Waals surface area contributed by atoms with E-state index in [0.29, 0.717) is 11.4 Å². The molecule has 1 aromatic rings. The van der Waals surface area contributed by atoms with Gasteiger partial charge in [-0.2, -0.15) is 0 Å². The lowest BCUT2D eigenvalue weighted by Crippen LogP contribution is -2.24. The normalized spacial score (nSPS) is 11.2. The van der Waals surface area contributed by atoms with E-state index in [4.69, 9.17) is 5.73 Å². The zero-order chi connectivity index (χ0) is 13.1. The summed E-state index contributed by atoms with van der Waals surface area (Å²) in [6.07, 6.45) is 0. The van der Waals surface area contributed by atoms with E-state index in [1.54, 1.807) is 25.1 Å². The number of benzene rings is 1. The molecule has 0 saturated heterocycles. The molecular formula is C11H16N2O3S. The second kappa shape index (κ2) is 5.18. The molecule has 0 aliphatic carbocycles. The lowest BCUT2D eigenvalue weighted by atomic mass is 10.1. The first-order valence-electron chi connectivity index (χ1n) is 5.21. The minimum Gasteiger partial charge on any atom is -0.398 e. The summed E-state index contributed by atoms with van der Waals surface area (Å²) >= 11 is 0. The minimum atomic E-state index is -3.31. The first-order valence-corrected chi connectivity index (χ1v) is 7.03. The topological polar surface area (TPSA) is 89.3 Å². The van der Waals surface area contributed by atoms with Gasteiger partial charge in [0.1, 0.15) is 5.75 Å². The summed E-state index contributed by atoms with van der Waals surface area (Å²) in [6.45, 7) is 3.27. The Balaban J connectivity index is 2.79. The van der Waals surface area contributed by atoms with Crippen molar-refractivity contribution in [2.24, 2.45) is 0 Å². The Morgan fingerprint density at radius 2 is 2.06 bits per heavy atom. The molecule has 0 unspecified atom stereocenters. The van der Waals surface area contributed by atoms with E-state index in [1.165, 1.54) is 6.92 Å². The van der Waals surface area contributed by atoms with Crippen LogP contribution < -0.4 is 11.1 Å². The fraction of sp³-hybridized carbons (Fsp3) is 0.364. The fourth-order valence-electron chi connectivity index (χ4n) is 1.28. The zero-order valence-corrected chi connectivity index (χ0v) is 10.7. The molecule has 6 heteroatoms. The molecule has 1 rings (SSSR count). The maximum Gasteiger partial charge on any atom is 0.239 e. The number of amides is 1. The van der Waals surface area contributed by atoms with Crippen molar-refractivity contribution in [3.63, 3.8) is 0 Å². The molecule has 1 amide bonds. The van der Waals surface area contributed by atoms with Gasteiger partial charge < -0.3 is 11.1 Å². The van der Waals surface area contributed by atoms with Gasteiger partial charge >= 0.3 is 0 Å². The number of hydrogen-bond acceptors (Lipinski definition) is 4. The average molecular weight is 256 g/mol. The van der Waals surface area contributed by atoms with Crippen molar-refractivity contribution >= 4 is 27.1 Å². The Kier molecular flexibility index (Phi) is 4.11. The third kappa shape index (κ3) is 3.74. The summed E-state index contributed by atoms with van der Waals surface area (Å²) in [6, 6.07) is 5.10. The molecule has 5 nitrogen and oxygen atoms in total. The highest BCUT2D eigenvalue weighted by Crippen LogP contribution is 2.20. The van der Waals surface area contributed by atoms with Crippen LogP contribution in [0.4, 0.5) is 11.4 Å². The molecule has 0 fully saturated rings. The second-order valence-electron chi connectivity index (χ2n) is 3.74. The SMILES string of the molecule is CCS(=O)(=O)CC(=O)Nc1cccc(N)c1C. The van der Waals surface area contributed by atoms with Gasteiger partial charge in [0.25, 0.3) is 0 Å². The van der Waals surface area contributed by atoms with Gasteiger partial charge in [-0.15, -0.1) is 0 Å². The molecule has 0 heterocycles. The van der Waals surface area contributed by atoms with Crippen LogP contribution >= 0.6 is 0 Å². The van der Waals surface area contributed by atoms with Crippen LogP contribution in [0.5, 0.6) is 0 Å². The monoisotopic (exact) mass is 256 g/mol. The van der Waals surface area contributed by atoms with Gasteiger partial charge in [-0.3, -0.25) is 4.79 Å². The van der Waals surface area contributed by atoms with Gasteiger partial charge in [-0.1, -0.05) is 13.0 Å². The maximum absolute atomic E-state index is 11.5. The second-order valence-corrected chi connectivity index (χ2v) is 6.10. The van der Waals surface area contributed by atoms with E-state index >= 15 is 0 Å². The summed E-state index contributed by atoms with van der Waals surface area (Å²) in [5, 5.41) is 2.54. The highest BCUT2D eigenvalue weighted by molar-refractivity contribution is 7.92. The molecule has 17 heavy (non-hydrogen) atoms. The van der Waals surface area contributed by atoms with Crippen LogP contribution in [0.15, 0.2) is 18.2 Å². The molecule has 94 valence electrons. The molecule has 0 spiro atoms. The predicted octanol–water partition coefficient (Wildman–Crippen LogP) is 0.950. The van der Waals surface area contributed by atoms with E-state index < -0.39 is 21.5 Å². The summed E-state index contributed by atoms with van der Waals surface area (Å²) in [7, 11) is -3.31. The summed E-state index contributed by atoms with van der Waals surface area (Å²) in [5.41, 5.74) is 7.51. The number of carbonyl (C=O) groups excluding carboxylic acids is 1. The van der Waals surface area contributed by atoms with Gasteiger partial charge in [0.05, 0.1) is 0 Å². The Morgan fingerprint density at radius 1 is 1.41 bits per heavy atom. The van der Waals surface area contributed by atoms with Crippen molar-refractivity contribution in [1.82, 2.24) is 0 Å². The van der Waals surface area contributed by atoms with Gasteiger partial charge in [0.15, 0.2) is 9.84 Å². The van der Waals surface area contributed by atoms with E-state index in [9.17, 15) is 13.2 Å². The first-order chi connectivity index (χ1) is 7.85. The molecule has 0 aliphatic rings. The molecular weight excluding hydrogens is 240 g/mol. The van der Waals surface area contributed by atoms with E-state index in [1.807, 2.05) is 0 Å². The fourth-order valence-corrected chi connectivity index (χ4v) is 1.95. The highest BCUT2D eigenvalue weighted by atomic mass is 32.2. The van der Waals surface area contributed by atoms with Crippen molar-refractivity contribution in [2.75, 3.05) is 22.6 Å². The number of nitrogen functional groups attached to an aromatic ring is 1. The van der Waals surface area contributed by atoms with Crippen molar-refractivity contribution in [3.05, 3.63) is 23.8 Å². The largest absolute Gasteiger partial charge is 0.398 e. The van der Waals surface area contributed by atoms with Crippen molar-refractivity contribution in [1.29, 1.82) is 0 Å². The van der Waals surface area contributed by atoms with Crippen LogP contribution in [-0.2, 0) is 14.6 Å². The Morgan fingerprint density at radius 3 is 2.65 bits per heavy atom. The smallest absolute Gasteiger partial charge is 0.239 e. The maximum atomic E-state index is 11.5. The Hall–Kier alpha value is -1.56. The number of sulfone groups is 1. The number of rotatable bonds is 4. The van der Waals surface area contributed by atoms with E-state index in [-0.39, 0.29) is 5.75 Å². The third-order valence-electron chi connectivity index (χ3n) is 2.44. The first kappa shape index (κ1) is 13.5. The summed E-state index contributed by atoms with van der Waals surface area (Å²) in [4.78, 5) is 11.5. The predicted molar refractivity (Wildman–Crippen MR) is 68.5 cm³/mol. The minimum absolute atomic E-state index is 0.0453. The zero-order valence-electron chi connectivity index (χ0n) is 9.86. The van der Waals surface area contributed by atoms with Gasteiger partial charge in [-0.25, -0.2) is 8.42 Å². The Labute approximate surface area is 101 Å². The molecule has 0 aromatic heterocycles. The van der Waals surface area contributed by atoms with E-state index in [0.717, 1.165) is 5.56 Å². The molecule has 3 N–H and O–H groups in total. The average Bonchev–Trinajstić information content (AvgIpc) is 2.24. The van der Waals surface area contributed by atoms with Crippen molar-refractivity contribution in [3.8, 4) is 0 Å². The number of carbonyl (C=O) groups is 1. The van der Waals surface area contributed by atoms with Crippen molar-refractivity contribution in [2.45, 2.75) is 13.8 Å². The number of hydrogen-bond donors (Lipinski definition) is 2. The van der Waals surface area contributed by atoms with Crippen LogP contribution in [0.25, 0.3) is 0 Å². The van der Waals surface area contributed by atoms with Crippen LogP contribution in [-0.4, -0.2) is 25.8 Å². The summed E-state index contributed by atoms with van der Waals surface area (Å²) < 4.78 is 22.5. The highest BCUT2D eigenvalue weighted by Gasteiger charge is 2.15. The number of nitrogens with two attached hydrogens (primary N) is 1. The third-order valence-corrected chi connectivity index (χ3v) is 4.02. The quantitative estimate of drug-likeness (QED) is 0.785. The van der Waals surface area contributed by atoms with Crippen LogP contribution in [0.3, 0.4) is 0 Å². The van der Waals surface area contributed by atoms with Gasteiger partial charge in [0.2, 0.25) is 5.91 Å². The van der Waals surface area contributed by atoms with E-state index in [2.05, 4.69) is 5.32 Å². The molecule has 0 bridgehead atoms. The standard InChI is InChI=1S/C11H16N2O3S/c1-3-17(15,16)7-11(14)13-10-6-4-5-9(12)8(10)2/h4-6H,3,7,12H2,1-2H3,(H,13,14). The number of nitrogens with one attached hydrogen (secondary N) is 1. The molecule has 0 atom stereocenters. The molecule has 0 aliphatic heterocycles. The van der Waals surface area contributed by atoms with Gasteiger partial charge in [-0.05, 0) is 24.6 Å². The Bertz CT molecular complexity index is 524. The molecule has 0 saturated carbocycles. The lowest BCUT2D eigenvalue weighted by Gasteiger charge is -2.09. The van der Waals surface area contributed by atoms with Crippen molar-refractivity contribution < 1.29 is 13.2 Å². The van der Waals surface area contributed by atoms with Crippen LogP contribution in [0.1, 0.15) is 12.5 Å².